The summed E-state index contributed by atoms with van der Waals surface area (Å²) in [5, 5.41) is 1.13. The van der Waals surface area contributed by atoms with E-state index in [0.717, 1.165) is 47.8 Å². The average Bonchev–Trinajstić information content (AvgIpc) is 2.83. The van der Waals surface area contributed by atoms with Crippen LogP contribution in [0.25, 0.3) is 21.9 Å². The predicted octanol–water partition coefficient (Wildman–Crippen LogP) is 10.1. The van der Waals surface area contributed by atoms with Gasteiger partial charge < -0.3 is 0 Å². The van der Waals surface area contributed by atoms with Crippen molar-refractivity contribution in [2.45, 2.75) is 77.3 Å². The molecule has 1 fully saturated rings. The van der Waals surface area contributed by atoms with Gasteiger partial charge in [-0.3, -0.25) is 0 Å². The summed E-state index contributed by atoms with van der Waals surface area (Å²) in [5.41, 5.74) is -0.00907. The third kappa shape index (κ3) is 6.23. The molecule has 0 bridgehead atoms. The highest BCUT2D eigenvalue weighted by Crippen LogP contribution is 2.37. The lowest BCUT2D eigenvalue weighted by atomic mass is 9.77. The van der Waals surface area contributed by atoms with Crippen LogP contribution in [0.1, 0.15) is 75.8 Å². The Balaban J connectivity index is 1.41. The second kappa shape index (κ2) is 11.1. The Labute approximate surface area is 204 Å². The molecule has 1 aliphatic carbocycles. The van der Waals surface area contributed by atoms with Crippen LogP contribution in [0, 0.1) is 23.5 Å². The van der Waals surface area contributed by atoms with E-state index in [2.05, 4.69) is 6.92 Å². The van der Waals surface area contributed by atoms with Gasteiger partial charge in [-0.25, -0.2) is 8.78 Å². The van der Waals surface area contributed by atoms with Crippen molar-refractivity contribution < 1.29 is 22.0 Å². The normalized spacial score (nSPS) is 18.8. The van der Waals surface area contributed by atoms with Crippen LogP contribution in [-0.2, 0) is 12.6 Å². The zero-order chi connectivity index (χ0) is 25.0. The third-order valence-corrected chi connectivity index (χ3v) is 7.63. The summed E-state index contributed by atoms with van der Waals surface area (Å²) in [4.78, 5) is 0. The standard InChI is InChI=1S/C30H33F5/c1-2-3-4-5-20-6-8-21(9-7-20)10-11-22-12-15-25-23(18-22)13-16-26(29(25)32)24-14-17-27(28(31)19-24)30(33,34)35/h12-21H,2-11H2,1H3. The fraction of sp³-hybridized carbons (Fsp3) is 0.467. The van der Waals surface area contributed by atoms with Crippen molar-refractivity contribution in [1.29, 1.82) is 0 Å². The third-order valence-electron chi connectivity index (χ3n) is 7.63. The van der Waals surface area contributed by atoms with Crippen molar-refractivity contribution in [3.8, 4) is 11.1 Å². The molecule has 0 saturated heterocycles. The lowest BCUT2D eigenvalue weighted by Crippen LogP contribution is -2.15. The van der Waals surface area contributed by atoms with E-state index in [4.69, 9.17) is 0 Å². The van der Waals surface area contributed by atoms with Gasteiger partial charge in [-0.15, -0.1) is 0 Å². The molecule has 0 aliphatic heterocycles. The van der Waals surface area contributed by atoms with Gasteiger partial charge in [0.2, 0.25) is 0 Å². The van der Waals surface area contributed by atoms with Crippen LogP contribution >= 0.6 is 0 Å². The molecule has 3 aromatic rings. The maximum atomic E-state index is 15.2. The minimum absolute atomic E-state index is 0.0873. The number of fused-ring (bicyclic) bond motifs is 1. The molecule has 3 aromatic carbocycles. The number of rotatable bonds is 8. The Bertz CT molecular complexity index is 1140. The lowest BCUT2D eigenvalue weighted by molar-refractivity contribution is -0.139. The molecule has 1 aliphatic rings. The Morgan fingerprint density at radius 1 is 0.800 bits per heavy atom. The largest absolute Gasteiger partial charge is 0.419 e. The molecule has 1 saturated carbocycles. The number of benzene rings is 3. The van der Waals surface area contributed by atoms with Gasteiger partial charge in [0.1, 0.15) is 11.6 Å². The predicted molar refractivity (Wildman–Crippen MR) is 132 cm³/mol. The Hall–Kier alpha value is -2.43. The first-order chi connectivity index (χ1) is 16.8. The van der Waals surface area contributed by atoms with E-state index >= 15 is 4.39 Å². The first kappa shape index (κ1) is 25.7. The second-order valence-corrected chi connectivity index (χ2v) is 10.1. The maximum Gasteiger partial charge on any atom is 0.419 e. The molecule has 0 atom stereocenters. The quantitative estimate of drug-likeness (QED) is 0.219. The Kier molecular flexibility index (Phi) is 8.13. The molecular weight excluding hydrogens is 455 g/mol. The molecule has 0 amide bonds. The average molecular weight is 489 g/mol. The number of alkyl halides is 3. The van der Waals surface area contributed by atoms with Gasteiger partial charge in [0.05, 0.1) is 5.56 Å². The maximum absolute atomic E-state index is 15.2. The monoisotopic (exact) mass is 488 g/mol. The molecule has 0 unspecified atom stereocenters. The zero-order valence-electron chi connectivity index (χ0n) is 20.2. The van der Waals surface area contributed by atoms with E-state index in [1.165, 1.54) is 57.4 Å². The summed E-state index contributed by atoms with van der Waals surface area (Å²) in [6.45, 7) is 2.25. The first-order valence-electron chi connectivity index (χ1n) is 12.8. The fourth-order valence-electron chi connectivity index (χ4n) is 5.49. The summed E-state index contributed by atoms with van der Waals surface area (Å²) in [6, 6.07) is 11.5. The van der Waals surface area contributed by atoms with E-state index in [1.54, 1.807) is 12.1 Å². The fourth-order valence-corrected chi connectivity index (χ4v) is 5.49. The molecule has 4 rings (SSSR count). The Morgan fingerprint density at radius 3 is 2.17 bits per heavy atom. The van der Waals surface area contributed by atoms with E-state index in [-0.39, 0.29) is 11.1 Å². The molecule has 0 heterocycles. The molecule has 188 valence electrons. The highest BCUT2D eigenvalue weighted by atomic mass is 19.4. The number of hydrogen-bond acceptors (Lipinski definition) is 0. The van der Waals surface area contributed by atoms with Crippen molar-refractivity contribution in [3.63, 3.8) is 0 Å². The van der Waals surface area contributed by atoms with Gasteiger partial charge >= 0.3 is 6.18 Å². The minimum atomic E-state index is -4.78. The highest BCUT2D eigenvalue weighted by Gasteiger charge is 2.34. The summed E-state index contributed by atoms with van der Waals surface area (Å²) in [7, 11) is 0. The lowest BCUT2D eigenvalue weighted by Gasteiger charge is -2.28. The van der Waals surface area contributed by atoms with Crippen LogP contribution in [0.15, 0.2) is 48.5 Å². The zero-order valence-corrected chi connectivity index (χ0v) is 20.2. The van der Waals surface area contributed by atoms with Gasteiger partial charge in [0.25, 0.3) is 0 Å². The number of hydrogen-bond donors (Lipinski definition) is 0. The molecular formula is C30H33F5. The number of unbranched alkanes of at least 4 members (excludes halogenated alkanes) is 2. The minimum Gasteiger partial charge on any atom is -0.206 e. The number of halogens is 5. The van der Waals surface area contributed by atoms with E-state index in [0.29, 0.717) is 11.5 Å². The van der Waals surface area contributed by atoms with Crippen LogP contribution < -0.4 is 0 Å². The summed E-state index contributed by atoms with van der Waals surface area (Å²) < 4.78 is 67.8. The summed E-state index contributed by atoms with van der Waals surface area (Å²) in [6.07, 6.45) is 7.92. The van der Waals surface area contributed by atoms with Crippen molar-refractivity contribution in [3.05, 3.63) is 71.3 Å². The first-order valence-corrected chi connectivity index (χ1v) is 12.8. The van der Waals surface area contributed by atoms with Gasteiger partial charge in [-0.05, 0) is 53.3 Å². The van der Waals surface area contributed by atoms with Crippen molar-refractivity contribution >= 4 is 10.8 Å². The Morgan fingerprint density at radius 2 is 1.51 bits per heavy atom. The topological polar surface area (TPSA) is 0 Å². The number of aryl methyl sites for hydroxylation is 1. The van der Waals surface area contributed by atoms with Gasteiger partial charge in [0, 0.05) is 10.9 Å². The second-order valence-electron chi connectivity index (χ2n) is 10.1. The summed E-state index contributed by atoms with van der Waals surface area (Å²) in [5.74, 6) is -0.301. The van der Waals surface area contributed by atoms with Gasteiger partial charge in [-0.2, -0.15) is 13.2 Å². The molecule has 0 N–H and O–H groups in total. The van der Waals surface area contributed by atoms with Crippen LogP contribution in [0.2, 0.25) is 0 Å². The smallest absolute Gasteiger partial charge is 0.206 e. The highest BCUT2D eigenvalue weighted by molar-refractivity contribution is 5.88. The van der Waals surface area contributed by atoms with Gasteiger partial charge in [0.15, 0.2) is 0 Å². The molecule has 5 heteroatoms. The molecule has 0 nitrogen and oxygen atoms in total. The van der Waals surface area contributed by atoms with Crippen molar-refractivity contribution in [1.82, 2.24) is 0 Å². The van der Waals surface area contributed by atoms with Crippen LogP contribution in [0.3, 0.4) is 0 Å². The van der Waals surface area contributed by atoms with Gasteiger partial charge in [-0.1, -0.05) is 94.7 Å². The van der Waals surface area contributed by atoms with Crippen LogP contribution in [0.4, 0.5) is 22.0 Å². The van der Waals surface area contributed by atoms with E-state index in [9.17, 15) is 17.6 Å². The van der Waals surface area contributed by atoms with Crippen LogP contribution in [0.5, 0.6) is 0 Å². The molecule has 0 radical (unpaired) electrons. The SMILES string of the molecule is CCCCCC1CCC(CCc2ccc3c(F)c(-c4ccc(C(F)(F)F)c(F)c4)ccc3c2)CC1. The van der Waals surface area contributed by atoms with E-state index in [1.807, 2.05) is 12.1 Å². The molecule has 35 heavy (non-hydrogen) atoms. The van der Waals surface area contributed by atoms with Crippen molar-refractivity contribution in [2.24, 2.45) is 11.8 Å². The van der Waals surface area contributed by atoms with E-state index < -0.39 is 23.4 Å². The molecule has 0 aromatic heterocycles. The summed E-state index contributed by atoms with van der Waals surface area (Å²) >= 11 is 0. The van der Waals surface area contributed by atoms with Crippen LogP contribution in [-0.4, -0.2) is 0 Å². The van der Waals surface area contributed by atoms with Crippen molar-refractivity contribution in [2.75, 3.05) is 0 Å². The molecule has 0 spiro atoms.